The van der Waals surface area contributed by atoms with Gasteiger partial charge in [0.1, 0.15) is 5.69 Å². The maximum Gasteiger partial charge on any atom is 0.271 e. The molecule has 2 aliphatic rings. The summed E-state index contributed by atoms with van der Waals surface area (Å²) in [4.78, 5) is 17.6. The second-order valence-electron chi connectivity index (χ2n) is 9.09. The van der Waals surface area contributed by atoms with Crippen LogP contribution in [0.4, 0.5) is 0 Å². The van der Waals surface area contributed by atoms with Crippen LogP contribution in [0.5, 0.6) is 0 Å². The van der Waals surface area contributed by atoms with Gasteiger partial charge in [-0.25, -0.2) is 0 Å². The molecule has 0 unspecified atom stereocenters. The summed E-state index contributed by atoms with van der Waals surface area (Å²) >= 11 is 0. The van der Waals surface area contributed by atoms with E-state index in [-0.39, 0.29) is 5.91 Å². The standard InChI is InChI=1S/C27H32N4O2/c32-27(26-18-25(28-29-26)22-10-5-2-6-11-22)30-16-13-23(14-17-30)31-15-7-12-24(31)20-33-19-21-8-3-1-4-9-21/h1-6,8-11,18,23-24H,7,12-17,19-20H2,(H,28,29)/t24-/m1/s1. The van der Waals surface area contributed by atoms with E-state index in [1.165, 1.54) is 18.4 Å². The van der Waals surface area contributed by atoms with E-state index in [0.717, 1.165) is 50.3 Å². The topological polar surface area (TPSA) is 61.5 Å². The van der Waals surface area contributed by atoms with Gasteiger partial charge in [-0.3, -0.25) is 14.8 Å². The van der Waals surface area contributed by atoms with Crippen LogP contribution >= 0.6 is 0 Å². The predicted octanol–water partition coefficient (Wildman–Crippen LogP) is 4.36. The molecule has 0 saturated carbocycles. The first-order valence-corrected chi connectivity index (χ1v) is 12.1. The number of hydrogen-bond donors (Lipinski definition) is 1. The minimum atomic E-state index is 0.0484. The smallest absolute Gasteiger partial charge is 0.271 e. The second kappa shape index (κ2) is 10.3. The number of nitrogens with one attached hydrogen (secondary N) is 1. The number of H-pyrrole nitrogens is 1. The number of aromatic nitrogens is 2. The van der Waals surface area contributed by atoms with Crippen LogP contribution in [0.3, 0.4) is 0 Å². The Kier molecular flexibility index (Phi) is 6.84. The molecule has 2 saturated heterocycles. The van der Waals surface area contributed by atoms with Gasteiger partial charge in [0, 0.05) is 30.7 Å². The van der Waals surface area contributed by atoms with E-state index in [0.29, 0.717) is 24.4 Å². The number of carbonyl (C=O) groups excluding carboxylic acids is 1. The molecule has 1 N–H and O–H groups in total. The number of hydrogen-bond acceptors (Lipinski definition) is 4. The van der Waals surface area contributed by atoms with Crippen molar-refractivity contribution in [2.75, 3.05) is 26.2 Å². The van der Waals surface area contributed by atoms with Crippen molar-refractivity contribution < 1.29 is 9.53 Å². The fourth-order valence-corrected chi connectivity index (χ4v) is 5.16. The summed E-state index contributed by atoms with van der Waals surface area (Å²) in [5.41, 5.74) is 3.62. The van der Waals surface area contributed by atoms with Crippen molar-refractivity contribution in [1.82, 2.24) is 20.0 Å². The lowest BCUT2D eigenvalue weighted by molar-refractivity contribution is 0.0313. The van der Waals surface area contributed by atoms with Crippen LogP contribution < -0.4 is 0 Å². The third kappa shape index (κ3) is 5.18. The zero-order valence-corrected chi connectivity index (χ0v) is 19.0. The van der Waals surface area contributed by atoms with E-state index in [2.05, 4.69) is 39.4 Å². The molecule has 1 aromatic heterocycles. The molecule has 0 radical (unpaired) electrons. The van der Waals surface area contributed by atoms with Gasteiger partial charge in [-0.1, -0.05) is 60.7 Å². The molecule has 2 aliphatic heterocycles. The lowest BCUT2D eigenvalue weighted by Gasteiger charge is -2.39. The molecule has 33 heavy (non-hydrogen) atoms. The summed E-state index contributed by atoms with van der Waals surface area (Å²) in [5, 5.41) is 7.29. The van der Waals surface area contributed by atoms with E-state index < -0.39 is 0 Å². The van der Waals surface area contributed by atoms with Crippen LogP contribution in [0.25, 0.3) is 11.3 Å². The Morgan fingerprint density at radius 3 is 2.45 bits per heavy atom. The first-order valence-electron chi connectivity index (χ1n) is 12.1. The first-order chi connectivity index (χ1) is 16.3. The highest BCUT2D eigenvalue weighted by molar-refractivity contribution is 5.93. The van der Waals surface area contributed by atoms with Gasteiger partial charge in [-0.15, -0.1) is 0 Å². The molecule has 6 nitrogen and oxygen atoms in total. The van der Waals surface area contributed by atoms with Gasteiger partial charge >= 0.3 is 0 Å². The molecular weight excluding hydrogens is 412 g/mol. The zero-order chi connectivity index (χ0) is 22.5. The van der Waals surface area contributed by atoms with E-state index in [9.17, 15) is 4.79 Å². The van der Waals surface area contributed by atoms with Crippen molar-refractivity contribution in [3.8, 4) is 11.3 Å². The van der Waals surface area contributed by atoms with E-state index >= 15 is 0 Å². The van der Waals surface area contributed by atoms with Gasteiger partial charge in [0.15, 0.2) is 0 Å². The van der Waals surface area contributed by atoms with Crippen LogP contribution in [0.1, 0.15) is 41.7 Å². The summed E-state index contributed by atoms with van der Waals surface area (Å²) in [6.07, 6.45) is 4.46. The Hall–Kier alpha value is -2.96. The number of nitrogens with zero attached hydrogens (tertiary/aromatic N) is 3. The summed E-state index contributed by atoms with van der Waals surface area (Å²) in [7, 11) is 0. The molecule has 1 amide bonds. The third-order valence-corrected chi connectivity index (χ3v) is 6.94. The fraction of sp³-hybridized carbons (Fsp3) is 0.407. The predicted molar refractivity (Wildman–Crippen MR) is 129 cm³/mol. The lowest BCUT2D eigenvalue weighted by Crippen LogP contribution is -2.49. The van der Waals surface area contributed by atoms with Gasteiger partial charge in [0.05, 0.1) is 18.9 Å². The Balaban J connectivity index is 1.12. The number of amides is 1. The highest BCUT2D eigenvalue weighted by Crippen LogP contribution is 2.27. The quantitative estimate of drug-likeness (QED) is 0.588. The maximum absolute atomic E-state index is 13.0. The Morgan fingerprint density at radius 2 is 1.70 bits per heavy atom. The summed E-state index contributed by atoms with van der Waals surface area (Å²) in [5.74, 6) is 0.0484. The normalized spacial score (nSPS) is 19.8. The van der Waals surface area contributed by atoms with Crippen LogP contribution in [0, 0.1) is 0 Å². The summed E-state index contributed by atoms with van der Waals surface area (Å²) < 4.78 is 6.06. The Labute approximate surface area is 195 Å². The van der Waals surface area contributed by atoms with Gasteiger partial charge < -0.3 is 9.64 Å². The number of carbonyl (C=O) groups is 1. The van der Waals surface area contributed by atoms with Crippen molar-refractivity contribution in [2.24, 2.45) is 0 Å². The zero-order valence-electron chi connectivity index (χ0n) is 19.0. The number of benzene rings is 2. The number of likely N-dealkylation sites (tertiary alicyclic amines) is 2. The third-order valence-electron chi connectivity index (χ3n) is 6.94. The molecule has 1 atom stereocenters. The average molecular weight is 445 g/mol. The van der Waals surface area contributed by atoms with Crippen LogP contribution in [-0.4, -0.2) is 64.2 Å². The largest absolute Gasteiger partial charge is 0.375 e. The van der Waals surface area contributed by atoms with Gasteiger partial charge in [0.2, 0.25) is 0 Å². The molecule has 2 fully saturated rings. The average Bonchev–Trinajstić information content (AvgIpc) is 3.55. The van der Waals surface area contributed by atoms with Crippen molar-refractivity contribution in [3.63, 3.8) is 0 Å². The van der Waals surface area contributed by atoms with Crippen molar-refractivity contribution in [1.29, 1.82) is 0 Å². The number of rotatable bonds is 7. The minimum Gasteiger partial charge on any atom is -0.375 e. The number of ether oxygens (including phenoxy) is 1. The molecule has 3 heterocycles. The molecule has 2 aromatic carbocycles. The SMILES string of the molecule is O=C(c1cc(-c2ccccc2)n[nH]1)N1CCC(N2CCC[C@@H]2COCc2ccccc2)CC1. The molecule has 5 rings (SSSR count). The molecule has 6 heteroatoms. The summed E-state index contributed by atoms with van der Waals surface area (Å²) in [6, 6.07) is 23.2. The molecule has 172 valence electrons. The minimum absolute atomic E-state index is 0.0484. The van der Waals surface area contributed by atoms with Gasteiger partial charge in [0.25, 0.3) is 5.91 Å². The fourth-order valence-electron chi connectivity index (χ4n) is 5.16. The van der Waals surface area contributed by atoms with E-state index in [4.69, 9.17) is 4.74 Å². The second-order valence-corrected chi connectivity index (χ2v) is 9.09. The van der Waals surface area contributed by atoms with Crippen LogP contribution in [-0.2, 0) is 11.3 Å². The van der Waals surface area contributed by atoms with Crippen molar-refractivity contribution in [2.45, 2.75) is 44.4 Å². The molecular formula is C27H32N4O2. The van der Waals surface area contributed by atoms with Crippen molar-refractivity contribution >= 4 is 5.91 Å². The highest BCUT2D eigenvalue weighted by atomic mass is 16.5. The monoisotopic (exact) mass is 444 g/mol. The molecule has 0 spiro atoms. The Bertz CT molecular complexity index is 1030. The molecule has 3 aromatic rings. The maximum atomic E-state index is 13.0. The highest BCUT2D eigenvalue weighted by Gasteiger charge is 2.34. The summed E-state index contributed by atoms with van der Waals surface area (Å²) in [6.45, 7) is 4.17. The van der Waals surface area contributed by atoms with E-state index in [1.807, 2.05) is 47.4 Å². The van der Waals surface area contributed by atoms with Gasteiger partial charge in [-0.05, 0) is 43.9 Å². The van der Waals surface area contributed by atoms with Crippen LogP contribution in [0.2, 0.25) is 0 Å². The van der Waals surface area contributed by atoms with Gasteiger partial charge in [-0.2, -0.15) is 5.10 Å². The Morgan fingerprint density at radius 1 is 0.970 bits per heavy atom. The van der Waals surface area contributed by atoms with E-state index in [1.54, 1.807) is 0 Å². The molecule has 0 bridgehead atoms. The lowest BCUT2D eigenvalue weighted by atomic mass is 10.0. The molecule has 0 aliphatic carbocycles. The number of aromatic amines is 1. The number of piperidine rings is 1. The van der Waals surface area contributed by atoms with Crippen molar-refractivity contribution in [3.05, 3.63) is 78.0 Å². The first kappa shape index (κ1) is 21.9. The van der Waals surface area contributed by atoms with Crippen LogP contribution in [0.15, 0.2) is 66.7 Å².